The second-order valence-electron chi connectivity index (χ2n) is 8.63. The summed E-state index contributed by atoms with van der Waals surface area (Å²) in [5.41, 5.74) is 4.35. The summed E-state index contributed by atoms with van der Waals surface area (Å²) in [5.74, 6) is -0.0684. The van der Waals surface area contributed by atoms with E-state index in [1.807, 2.05) is 69.3 Å². The van der Waals surface area contributed by atoms with Crippen molar-refractivity contribution in [2.75, 3.05) is 0 Å². The second-order valence-corrected chi connectivity index (χ2v) is 8.63. The first-order valence-corrected chi connectivity index (χ1v) is 11.1. The van der Waals surface area contributed by atoms with Gasteiger partial charge in [-0.2, -0.15) is 0 Å². The molecule has 0 bridgehead atoms. The lowest BCUT2D eigenvalue weighted by atomic mass is 9.95. The molecule has 1 aliphatic rings. The molecule has 1 aliphatic carbocycles. The van der Waals surface area contributed by atoms with E-state index >= 15 is 0 Å². The molecule has 1 unspecified atom stereocenters. The number of amides is 2. The fourth-order valence-electron chi connectivity index (χ4n) is 4.10. The zero-order chi connectivity index (χ0) is 21.5. The number of hydrogen-bond donors (Lipinski definition) is 1. The third kappa shape index (κ3) is 5.94. The van der Waals surface area contributed by atoms with E-state index in [9.17, 15) is 9.59 Å². The van der Waals surface area contributed by atoms with Crippen LogP contribution in [0.3, 0.4) is 0 Å². The molecule has 1 atom stereocenters. The molecule has 1 saturated carbocycles. The summed E-state index contributed by atoms with van der Waals surface area (Å²) in [7, 11) is 0. The van der Waals surface area contributed by atoms with Gasteiger partial charge in [-0.3, -0.25) is 9.59 Å². The van der Waals surface area contributed by atoms with Gasteiger partial charge in [-0.05, 0) is 50.3 Å². The first-order chi connectivity index (χ1) is 14.4. The Hall–Kier alpha value is -2.62. The molecule has 1 fully saturated rings. The average molecular weight is 407 g/mol. The maximum Gasteiger partial charge on any atom is 0.242 e. The average Bonchev–Trinajstić information content (AvgIpc) is 2.75. The molecular formula is C26H34N2O2. The smallest absolute Gasteiger partial charge is 0.242 e. The highest BCUT2D eigenvalue weighted by molar-refractivity contribution is 5.88. The number of aryl methyl sites for hydroxylation is 2. The van der Waals surface area contributed by atoms with Gasteiger partial charge in [0.15, 0.2) is 0 Å². The Morgan fingerprint density at radius 1 is 1.00 bits per heavy atom. The third-order valence-electron chi connectivity index (χ3n) is 6.20. The minimum Gasteiger partial charge on any atom is -0.352 e. The van der Waals surface area contributed by atoms with Crippen LogP contribution in [0.2, 0.25) is 0 Å². The lowest BCUT2D eigenvalue weighted by molar-refractivity contribution is -0.140. The third-order valence-corrected chi connectivity index (χ3v) is 6.20. The maximum absolute atomic E-state index is 13.3. The van der Waals surface area contributed by atoms with E-state index in [1.165, 1.54) is 24.8 Å². The fourth-order valence-corrected chi connectivity index (χ4v) is 4.10. The summed E-state index contributed by atoms with van der Waals surface area (Å²) in [6.07, 6.45) is 5.95. The van der Waals surface area contributed by atoms with E-state index in [4.69, 9.17) is 0 Å². The summed E-state index contributed by atoms with van der Waals surface area (Å²) in [6.45, 7) is 6.37. The molecule has 2 aromatic rings. The number of rotatable bonds is 7. The zero-order valence-corrected chi connectivity index (χ0v) is 18.5. The lowest BCUT2D eigenvalue weighted by Gasteiger charge is -2.31. The zero-order valence-electron chi connectivity index (χ0n) is 18.5. The normalized spacial score (nSPS) is 15.4. The minimum absolute atomic E-state index is 0.0200. The summed E-state index contributed by atoms with van der Waals surface area (Å²) < 4.78 is 0. The minimum atomic E-state index is -0.510. The topological polar surface area (TPSA) is 49.4 Å². The Bertz CT molecular complexity index is 854. The van der Waals surface area contributed by atoms with Gasteiger partial charge in [0.1, 0.15) is 6.04 Å². The largest absolute Gasteiger partial charge is 0.352 e. The standard InChI is InChI=1S/C26H34N2O2/c1-19-13-15-22(16-14-19)17-25(29)28(18-23-10-8-7-9-20(23)2)21(3)26(30)27-24-11-5-4-6-12-24/h7-10,13-16,21,24H,4-6,11-12,17-18H2,1-3H3,(H,27,30). The SMILES string of the molecule is Cc1ccc(CC(=O)N(Cc2ccccc2C)C(C)C(=O)NC2CCCCC2)cc1. The van der Waals surface area contributed by atoms with Crippen LogP contribution in [0.15, 0.2) is 48.5 Å². The van der Waals surface area contributed by atoms with E-state index in [0.29, 0.717) is 13.0 Å². The number of carbonyl (C=O) groups excluding carboxylic acids is 2. The molecule has 0 aromatic heterocycles. The van der Waals surface area contributed by atoms with Crippen LogP contribution in [-0.2, 0) is 22.6 Å². The van der Waals surface area contributed by atoms with Crippen molar-refractivity contribution in [3.63, 3.8) is 0 Å². The maximum atomic E-state index is 13.3. The van der Waals surface area contributed by atoms with Gasteiger partial charge in [0, 0.05) is 12.6 Å². The predicted octanol–water partition coefficient (Wildman–Crippen LogP) is 4.71. The Morgan fingerprint density at radius 2 is 1.67 bits per heavy atom. The summed E-state index contributed by atoms with van der Waals surface area (Å²) >= 11 is 0. The number of nitrogens with one attached hydrogen (secondary N) is 1. The van der Waals surface area contributed by atoms with Crippen molar-refractivity contribution in [3.8, 4) is 0 Å². The Balaban J connectivity index is 1.76. The van der Waals surface area contributed by atoms with Crippen molar-refractivity contribution in [2.45, 2.75) is 77.9 Å². The van der Waals surface area contributed by atoms with Crippen molar-refractivity contribution >= 4 is 11.8 Å². The van der Waals surface area contributed by atoms with Crippen molar-refractivity contribution in [1.29, 1.82) is 0 Å². The number of nitrogens with zero attached hydrogens (tertiary/aromatic N) is 1. The monoisotopic (exact) mass is 406 g/mol. The molecule has 3 rings (SSSR count). The summed E-state index contributed by atoms with van der Waals surface area (Å²) in [5, 5.41) is 3.19. The fraction of sp³-hybridized carbons (Fsp3) is 0.462. The Labute approximate surface area is 180 Å². The predicted molar refractivity (Wildman–Crippen MR) is 121 cm³/mol. The Morgan fingerprint density at radius 3 is 2.33 bits per heavy atom. The van der Waals surface area contributed by atoms with Gasteiger partial charge in [0.25, 0.3) is 0 Å². The molecular weight excluding hydrogens is 372 g/mol. The molecule has 0 spiro atoms. The molecule has 2 aromatic carbocycles. The van der Waals surface area contributed by atoms with Gasteiger partial charge in [0.2, 0.25) is 11.8 Å². The van der Waals surface area contributed by atoms with E-state index in [2.05, 4.69) is 5.32 Å². The van der Waals surface area contributed by atoms with Crippen LogP contribution < -0.4 is 5.32 Å². The molecule has 0 aliphatic heterocycles. The van der Waals surface area contributed by atoms with E-state index < -0.39 is 6.04 Å². The lowest BCUT2D eigenvalue weighted by Crippen LogP contribution is -2.50. The van der Waals surface area contributed by atoms with Crippen molar-refractivity contribution in [1.82, 2.24) is 10.2 Å². The summed E-state index contributed by atoms with van der Waals surface area (Å²) in [6, 6.07) is 15.8. The van der Waals surface area contributed by atoms with Gasteiger partial charge in [-0.1, -0.05) is 73.4 Å². The molecule has 0 radical (unpaired) electrons. The number of benzene rings is 2. The molecule has 1 N–H and O–H groups in total. The number of carbonyl (C=O) groups is 2. The van der Waals surface area contributed by atoms with Crippen LogP contribution in [-0.4, -0.2) is 28.8 Å². The van der Waals surface area contributed by atoms with E-state index in [1.54, 1.807) is 4.90 Å². The Kier molecular flexibility index (Phi) is 7.67. The van der Waals surface area contributed by atoms with Gasteiger partial charge in [0.05, 0.1) is 6.42 Å². The molecule has 0 saturated heterocycles. The van der Waals surface area contributed by atoms with Crippen molar-refractivity contribution < 1.29 is 9.59 Å². The number of hydrogen-bond acceptors (Lipinski definition) is 2. The van der Waals surface area contributed by atoms with Crippen molar-refractivity contribution in [3.05, 3.63) is 70.8 Å². The van der Waals surface area contributed by atoms with E-state index in [0.717, 1.165) is 29.5 Å². The quantitative estimate of drug-likeness (QED) is 0.724. The van der Waals surface area contributed by atoms with Crippen molar-refractivity contribution in [2.24, 2.45) is 0 Å². The van der Waals surface area contributed by atoms with Crippen LogP contribution in [0.5, 0.6) is 0 Å². The van der Waals surface area contributed by atoms with Gasteiger partial charge < -0.3 is 10.2 Å². The molecule has 4 nitrogen and oxygen atoms in total. The molecule has 0 heterocycles. The first kappa shape index (κ1) is 22.1. The van der Waals surface area contributed by atoms with Crippen LogP contribution in [0, 0.1) is 13.8 Å². The second kappa shape index (κ2) is 10.4. The van der Waals surface area contributed by atoms with Crippen LogP contribution in [0.1, 0.15) is 61.3 Å². The first-order valence-electron chi connectivity index (χ1n) is 11.1. The van der Waals surface area contributed by atoms with Crippen LogP contribution in [0.4, 0.5) is 0 Å². The highest BCUT2D eigenvalue weighted by atomic mass is 16.2. The highest BCUT2D eigenvalue weighted by Crippen LogP contribution is 2.19. The van der Waals surface area contributed by atoms with Gasteiger partial charge in [-0.15, -0.1) is 0 Å². The summed E-state index contributed by atoms with van der Waals surface area (Å²) in [4.78, 5) is 28.1. The van der Waals surface area contributed by atoms with Crippen LogP contribution >= 0.6 is 0 Å². The molecule has 30 heavy (non-hydrogen) atoms. The molecule has 2 amide bonds. The van der Waals surface area contributed by atoms with E-state index in [-0.39, 0.29) is 17.9 Å². The van der Waals surface area contributed by atoms with Gasteiger partial charge >= 0.3 is 0 Å². The molecule has 4 heteroatoms. The van der Waals surface area contributed by atoms with Crippen LogP contribution in [0.25, 0.3) is 0 Å². The highest BCUT2D eigenvalue weighted by Gasteiger charge is 2.28. The molecule has 160 valence electrons. The van der Waals surface area contributed by atoms with Gasteiger partial charge in [-0.25, -0.2) is 0 Å².